The zero-order valence-corrected chi connectivity index (χ0v) is 15.4. The standard InChI is InChI=1S/C21H24N2O3/c1-14-11-12-23(21-18(14)5-4-6-19(21)26-3)20(25)13-16-7-9-17(10-8-16)22-15(2)24/h4-10,14H,11-13H2,1-3H3,(H,22,24)/t14-/m0/s1. The van der Waals surface area contributed by atoms with Gasteiger partial charge in [0.25, 0.3) is 0 Å². The van der Waals surface area contributed by atoms with Crippen molar-refractivity contribution in [2.45, 2.75) is 32.6 Å². The smallest absolute Gasteiger partial charge is 0.231 e. The highest BCUT2D eigenvalue weighted by Gasteiger charge is 2.29. The average Bonchev–Trinajstić information content (AvgIpc) is 2.63. The summed E-state index contributed by atoms with van der Waals surface area (Å²) in [4.78, 5) is 25.9. The first-order chi connectivity index (χ1) is 12.5. The third kappa shape index (κ3) is 3.72. The summed E-state index contributed by atoms with van der Waals surface area (Å²) >= 11 is 0. The lowest BCUT2D eigenvalue weighted by Gasteiger charge is -2.34. The van der Waals surface area contributed by atoms with Crippen LogP contribution in [0.2, 0.25) is 0 Å². The molecule has 1 N–H and O–H groups in total. The highest BCUT2D eigenvalue weighted by atomic mass is 16.5. The van der Waals surface area contributed by atoms with Gasteiger partial charge in [0.15, 0.2) is 0 Å². The molecule has 0 radical (unpaired) electrons. The summed E-state index contributed by atoms with van der Waals surface area (Å²) in [6.07, 6.45) is 1.25. The molecule has 2 amide bonds. The van der Waals surface area contributed by atoms with E-state index < -0.39 is 0 Å². The zero-order chi connectivity index (χ0) is 18.7. The first kappa shape index (κ1) is 18.0. The fourth-order valence-corrected chi connectivity index (χ4v) is 3.41. The van der Waals surface area contributed by atoms with E-state index in [4.69, 9.17) is 4.74 Å². The maximum atomic E-state index is 13.0. The van der Waals surface area contributed by atoms with E-state index in [1.54, 1.807) is 7.11 Å². The lowest BCUT2D eigenvalue weighted by atomic mass is 9.90. The summed E-state index contributed by atoms with van der Waals surface area (Å²) in [6.45, 7) is 4.35. The molecule has 136 valence electrons. The minimum absolute atomic E-state index is 0.0509. The van der Waals surface area contributed by atoms with Crippen LogP contribution in [0.4, 0.5) is 11.4 Å². The van der Waals surface area contributed by atoms with Crippen LogP contribution in [0.25, 0.3) is 0 Å². The SMILES string of the molecule is COc1cccc2c1N(C(=O)Cc1ccc(NC(C)=O)cc1)CC[C@@H]2C. The monoisotopic (exact) mass is 352 g/mol. The van der Waals surface area contributed by atoms with Crippen LogP contribution < -0.4 is 15.0 Å². The number of hydrogen-bond acceptors (Lipinski definition) is 3. The van der Waals surface area contributed by atoms with Crippen molar-refractivity contribution in [3.05, 3.63) is 53.6 Å². The number of anilines is 2. The number of carbonyl (C=O) groups excluding carboxylic acids is 2. The quantitative estimate of drug-likeness (QED) is 0.912. The number of nitrogens with one attached hydrogen (secondary N) is 1. The molecule has 0 saturated heterocycles. The van der Waals surface area contributed by atoms with Crippen LogP contribution in [0.5, 0.6) is 5.75 Å². The van der Waals surface area contributed by atoms with E-state index in [1.165, 1.54) is 6.92 Å². The Morgan fingerprint density at radius 1 is 1.19 bits per heavy atom. The summed E-state index contributed by atoms with van der Waals surface area (Å²) in [5, 5.41) is 2.73. The normalized spacial score (nSPS) is 16.0. The molecule has 2 aromatic carbocycles. The molecule has 0 fully saturated rings. The van der Waals surface area contributed by atoms with Gasteiger partial charge in [-0.05, 0) is 41.7 Å². The Labute approximate surface area is 154 Å². The Hall–Kier alpha value is -2.82. The Kier molecular flexibility index (Phi) is 5.26. The topological polar surface area (TPSA) is 58.6 Å². The van der Waals surface area contributed by atoms with Crippen molar-refractivity contribution in [3.63, 3.8) is 0 Å². The molecule has 0 aliphatic carbocycles. The Bertz CT molecular complexity index is 815. The number of methoxy groups -OCH3 is 1. The van der Waals surface area contributed by atoms with Crippen molar-refractivity contribution in [1.82, 2.24) is 0 Å². The van der Waals surface area contributed by atoms with Crippen LogP contribution >= 0.6 is 0 Å². The molecular weight excluding hydrogens is 328 g/mol. The third-order valence-electron chi connectivity index (χ3n) is 4.77. The minimum Gasteiger partial charge on any atom is -0.495 e. The van der Waals surface area contributed by atoms with Crippen LogP contribution in [0.15, 0.2) is 42.5 Å². The van der Waals surface area contributed by atoms with Crippen LogP contribution in [-0.2, 0) is 16.0 Å². The number of benzene rings is 2. The van der Waals surface area contributed by atoms with Crippen molar-refractivity contribution < 1.29 is 14.3 Å². The van der Waals surface area contributed by atoms with Gasteiger partial charge in [-0.3, -0.25) is 9.59 Å². The molecule has 3 rings (SSSR count). The highest BCUT2D eigenvalue weighted by molar-refractivity contribution is 5.97. The number of fused-ring (bicyclic) bond motifs is 1. The summed E-state index contributed by atoms with van der Waals surface area (Å²) in [5.41, 5.74) is 3.70. The van der Waals surface area contributed by atoms with Gasteiger partial charge in [0, 0.05) is 19.2 Å². The molecular formula is C21H24N2O3. The van der Waals surface area contributed by atoms with Crippen molar-refractivity contribution in [3.8, 4) is 5.75 Å². The van der Waals surface area contributed by atoms with E-state index in [2.05, 4.69) is 18.3 Å². The number of amides is 2. The lowest BCUT2D eigenvalue weighted by Crippen LogP contribution is -2.37. The number of rotatable bonds is 4. The van der Waals surface area contributed by atoms with Gasteiger partial charge in [0.05, 0.1) is 19.2 Å². The van der Waals surface area contributed by atoms with Gasteiger partial charge in [0.2, 0.25) is 11.8 Å². The molecule has 1 aliphatic rings. The fourth-order valence-electron chi connectivity index (χ4n) is 3.41. The highest BCUT2D eigenvalue weighted by Crippen LogP contribution is 2.41. The van der Waals surface area contributed by atoms with Gasteiger partial charge >= 0.3 is 0 Å². The Morgan fingerprint density at radius 2 is 1.92 bits per heavy atom. The van der Waals surface area contributed by atoms with E-state index in [1.807, 2.05) is 41.3 Å². The summed E-state index contributed by atoms with van der Waals surface area (Å²) in [5.74, 6) is 1.08. The summed E-state index contributed by atoms with van der Waals surface area (Å²) < 4.78 is 5.51. The molecule has 0 aromatic heterocycles. The average molecular weight is 352 g/mol. The largest absolute Gasteiger partial charge is 0.495 e. The number of nitrogens with zero attached hydrogens (tertiary/aromatic N) is 1. The molecule has 5 heteroatoms. The second-order valence-electron chi connectivity index (χ2n) is 6.69. The molecule has 26 heavy (non-hydrogen) atoms. The predicted octanol–water partition coefficient (Wildman–Crippen LogP) is 3.74. The van der Waals surface area contributed by atoms with E-state index in [-0.39, 0.29) is 11.8 Å². The molecule has 1 atom stereocenters. The van der Waals surface area contributed by atoms with E-state index >= 15 is 0 Å². The second-order valence-corrected chi connectivity index (χ2v) is 6.69. The Balaban J connectivity index is 1.81. The van der Waals surface area contributed by atoms with Crippen LogP contribution in [-0.4, -0.2) is 25.5 Å². The van der Waals surface area contributed by atoms with Crippen molar-refractivity contribution in [2.24, 2.45) is 0 Å². The van der Waals surface area contributed by atoms with Gasteiger partial charge in [-0.1, -0.05) is 31.2 Å². The van der Waals surface area contributed by atoms with Gasteiger partial charge in [-0.2, -0.15) is 0 Å². The molecule has 0 unspecified atom stereocenters. The van der Waals surface area contributed by atoms with Crippen LogP contribution in [0.3, 0.4) is 0 Å². The van der Waals surface area contributed by atoms with Gasteiger partial charge in [0.1, 0.15) is 5.75 Å². The van der Waals surface area contributed by atoms with Crippen LogP contribution in [0.1, 0.15) is 37.3 Å². The number of para-hydroxylation sites is 1. The maximum absolute atomic E-state index is 13.0. The van der Waals surface area contributed by atoms with Crippen LogP contribution in [0, 0.1) is 0 Å². The van der Waals surface area contributed by atoms with Crippen molar-refractivity contribution in [2.75, 3.05) is 23.9 Å². The molecule has 1 heterocycles. The minimum atomic E-state index is -0.111. The summed E-state index contributed by atoms with van der Waals surface area (Å²) in [7, 11) is 1.64. The maximum Gasteiger partial charge on any atom is 0.231 e. The van der Waals surface area contributed by atoms with Gasteiger partial charge in [-0.15, -0.1) is 0 Å². The molecule has 0 bridgehead atoms. The second kappa shape index (κ2) is 7.60. The van der Waals surface area contributed by atoms with Gasteiger partial charge < -0.3 is 15.0 Å². The zero-order valence-electron chi connectivity index (χ0n) is 15.4. The molecule has 2 aromatic rings. The van der Waals surface area contributed by atoms with Crippen molar-refractivity contribution in [1.29, 1.82) is 0 Å². The van der Waals surface area contributed by atoms with Gasteiger partial charge in [-0.25, -0.2) is 0 Å². The first-order valence-electron chi connectivity index (χ1n) is 8.83. The fraction of sp³-hybridized carbons (Fsp3) is 0.333. The molecule has 1 aliphatic heterocycles. The first-order valence-corrected chi connectivity index (χ1v) is 8.83. The summed E-state index contributed by atoms with van der Waals surface area (Å²) in [6, 6.07) is 13.3. The van der Waals surface area contributed by atoms with E-state index in [0.29, 0.717) is 18.9 Å². The Morgan fingerprint density at radius 3 is 2.58 bits per heavy atom. The number of hydrogen-bond donors (Lipinski definition) is 1. The molecule has 5 nitrogen and oxygen atoms in total. The third-order valence-corrected chi connectivity index (χ3v) is 4.77. The number of ether oxygens (including phenoxy) is 1. The van der Waals surface area contributed by atoms with Crippen molar-refractivity contribution >= 4 is 23.2 Å². The predicted molar refractivity (Wildman–Crippen MR) is 103 cm³/mol. The number of carbonyl (C=O) groups is 2. The van der Waals surface area contributed by atoms with E-state index in [0.717, 1.165) is 34.7 Å². The lowest BCUT2D eigenvalue weighted by molar-refractivity contribution is -0.118. The molecule has 0 saturated carbocycles. The van der Waals surface area contributed by atoms with E-state index in [9.17, 15) is 9.59 Å². The molecule has 0 spiro atoms.